The van der Waals surface area contributed by atoms with E-state index < -0.39 is 20.6 Å². The van der Waals surface area contributed by atoms with Crippen LogP contribution in [0.3, 0.4) is 0 Å². The van der Waals surface area contributed by atoms with Gasteiger partial charge in [-0.25, -0.2) is 5.14 Å². The minimum atomic E-state index is -4.67. The molecule has 0 saturated carbocycles. The fourth-order valence-corrected chi connectivity index (χ4v) is 0.952. The van der Waals surface area contributed by atoms with Crippen LogP contribution in [0.15, 0.2) is 0 Å². The monoisotopic (exact) mass is 283 g/mol. The number of rotatable bonds is 3. The summed E-state index contributed by atoms with van der Waals surface area (Å²) in [5, 5.41) is 11.4. The first kappa shape index (κ1) is 17.0. The molecule has 0 aromatic carbocycles. The van der Waals surface area contributed by atoms with E-state index in [4.69, 9.17) is 34.5 Å². The van der Waals surface area contributed by atoms with Crippen molar-refractivity contribution in [3.8, 4) is 0 Å². The van der Waals surface area contributed by atoms with Crippen LogP contribution in [0.25, 0.3) is 0 Å². The molecule has 0 saturated heterocycles. The molecule has 0 heterocycles. The fraction of sp³-hybridized carbons (Fsp3) is 0.667. The number of nitrogens with one attached hydrogen (secondary N) is 2. The molecule has 0 aromatic rings. The zero-order valence-electron chi connectivity index (χ0n) is 7.21. The highest BCUT2D eigenvalue weighted by atomic mass is 35.5. The van der Waals surface area contributed by atoms with Gasteiger partial charge in [-0.2, -0.15) is 16.8 Å². The van der Waals surface area contributed by atoms with Crippen molar-refractivity contribution >= 4 is 38.0 Å². The molecule has 6 N–H and O–H groups in total. The van der Waals surface area contributed by atoms with E-state index in [2.05, 4.69) is 5.14 Å². The summed E-state index contributed by atoms with van der Waals surface area (Å²) >= 11 is 5.21. The molecule has 0 amide bonds. The number of alkyl halides is 1. The van der Waals surface area contributed by atoms with E-state index in [0.29, 0.717) is 0 Å². The molecule has 0 spiro atoms. The van der Waals surface area contributed by atoms with Gasteiger partial charge in [0.25, 0.3) is 10.2 Å². The second-order valence-corrected chi connectivity index (χ2v) is 4.58. The maximum Gasteiger partial charge on any atom is 0.394 e. The molecule has 0 aliphatic carbocycles. The fourth-order valence-electron chi connectivity index (χ4n) is 0.317. The Morgan fingerprint density at radius 1 is 1.33 bits per heavy atom. The van der Waals surface area contributed by atoms with E-state index >= 15 is 0 Å². The van der Waals surface area contributed by atoms with Gasteiger partial charge >= 0.3 is 10.4 Å². The smallest absolute Gasteiger partial charge is 0.288 e. The van der Waals surface area contributed by atoms with Crippen molar-refractivity contribution in [2.24, 2.45) is 5.14 Å². The van der Waals surface area contributed by atoms with Crippen molar-refractivity contribution in [1.82, 2.24) is 4.72 Å². The summed E-state index contributed by atoms with van der Waals surface area (Å²) in [4.78, 5) is 0. The van der Waals surface area contributed by atoms with Crippen molar-refractivity contribution in [3.63, 3.8) is 0 Å². The SMILES string of the molecule is N=C(CCCl)NS(N)(=O)=O.O=S(=O)(O)O. The largest absolute Gasteiger partial charge is 0.394 e. The summed E-state index contributed by atoms with van der Waals surface area (Å²) in [6.07, 6.45) is 0.165. The van der Waals surface area contributed by atoms with Crippen molar-refractivity contribution in [1.29, 1.82) is 5.41 Å². The standard InChI is InChI=1S/C3H8ClN3O2S.H2O4S/c4-2-1-3(5)7-10(6,8)9;1-5(2,3)4/h1-2H2,(H2,5,7)(H2,6,8,9);(H2,1,2,3,4). The quantitative estimate of drug-likeness (QED) is 0.187. The molecule has 0 aliphatic rings. The average Bonchev–Trinajstić information content (AvgIpc) is 1.77. The normalized spacial score (nSPS) is 11.2. The molecule has 0 radical (unpaired) electrons. The summed E-state index contributed by atoms with van der Waals surface area (Å²) in [5.74, 6) is -0.000972. The number of nitrogens with two attached hydrogens (primary N) is 1. The zero-order chi connectivity index (χ0) is 12.7. The van der Waals surface area contributed by atoms with Gasteiger partial charge < -0.3 is 0 Å². The minimum Gasteiger partial charge on any atom is -0.288 e. The lowest BCUT2D eigenvalue weighted by atomic mass is 10.5. The third-order valence-corrected chi connectivity index (χ3v) is 1.33. The highest BCUT2D eigenvalue weighted by Gasteiger charge is 2.02. The van der Waals surface area contributed by atoms with Crippen LogP contribution in [-0.2, 0) is 20.6 Å². The summed E-state index contributed by atoms with van der Waals surface area (Å²) in [6, 6.07) is 0. The zero-order valence-corrected chi connectivity index (χ0v) is 9.60. The Bertz CT molecular complexity index is 380. The molecule has 0 rings (SSSR count). The molecular formula is C3H10ClN3O6S2. The van der Waals surface area contributed by atoms with Crippen LogP contribution in [0.2, 0.25) is 0 Å². The van der Waals surface area contributed by atoms with Crippen molar-refractivity contribution < 1.29 is 25.9 Å². The molecular weight excluding hydrogens is 274 g/mol. The lowest BCUT2D eigenvalue weighted by molar-refractivity contribution is 0.381. The van der Waals surface area contributed by atoms with Gasteiger partial charge in [0.2, 0.25) is 0 Å². The Morgan fingerprint density at radius 2 is 1.67 bits per heavy atom. The molecule has 0 aliphatic heterocycles. The maximum absolute atomic E-state index is 10.2. The van der Waals surface area contributed by atoms with Crippen LogP contribution in [0.4, 0.5) is 0 Å². The van der Waals surface area contributed by atoms with Gasteiger partial charge in [-0.1, -0.05) is 0 Å². The van der Waals surface area contributed by atoms with E-state index in [1.165, 1.54) is 0 Å². The molecule has 12 heteroatoms. The van der Waals surface area contributed by atoms with Crippen molar-refractivity contribution in [3.05, 3.63) is 0 Å². The summed E-state index contributed by atoms with van der Waals surface area (Å²) in [6.45, 7) is 0. The minimum absolute atomic E-state index is 0.165. The van der Waals surface area contributed by atoms with Crippen LogP contribution in [0, 0.1) is 5.41 Å². The lowest BCUT2D eigenvalue weighted by Crippen LogP contribution is -2.35. The van der Waals surface area contributed by atoms with Crippen LogP contribution in [0.1, 0.15) is 6.42 Å². The van der Waals surface area contributed by atoms with E-state index in [1.54, 1.807) is 4.72 Å². The Morgan fingerprint density at radius 3 is 1.87 bits per heavy atom. The van der Waals surface area contributed by atoms with Crippen LogP contribution in [0.5, 0.6) is 0 Å². The second kappa shape index (κ2) is 6.92. The molecule has 92 valence electrons. The maximum atomic E-state index is 10.2. The van der Waals surface area contributed by atoms with Gasteiger partial charge in [-0.3, -0.25) is 19.2 Å². The number of hydrogen-bond donors (Lipinski definition) is 5. The van der Waals surface area contributed by atoms with Gasteiger partial charge in [0.15, 0.2) is 0 Å². The highest BCUT2D eigenvalue weighted by molar-refractivity contribution is 7.87. The van der Waals surface area contributed by atoms with E-state index in [0.717, 1.165) is 0 Å². The molecule has 0 atom stereocenters. The van der Waals surface area contributed by atoms with E-state index in [9.17, 15) is 8.42 Å². The molecule has 0 fully saturated rings. The highest BCUT2D eigenvalue weighted by Crippen LogP contribution is 1.84. The Balaban J connectivity index is 0. The van der Waals surface area contributed by atoms with Gasteiger partial charge in [-0.05, 0) is 0 Å². The Hall–Kier alpha value is -0.460. The van der Waals surface area contributed by atoms with Gasteiger partial charge in [0.1, 0.15) is 5.84 Å². The molecule has 0 unspecified atom stereocenters. The van der Waals surface area contributed by atoms with Crippen molar-refractivity contribution in [2.45, 2.75) is 6.42 Å². The van der Waals surface area contributed by atoms with Gasteiger partial charge in [0.05, 0.1) is 0 Å². The van der Waals surface area contributed by atoms with Crippen LogP contribution in [-0.4, -0.2) is 37.7 Å². The van der Waals surface area contributed by atoms with Crippen LogP contribution >= 0.6 is 11.6 Å². The van der Waals surface area contributed by atoms with Gasteiger partial charge in [0, 0.05) is 12.3 Å². The first-order chi connectivity index (χ1) is 6.45. The Kier molecular flexibility index (Phi) is 7.82. The first-order valence-electron chi connectivity index (χ1n) is 3.09. The molecule has 9 nitrogen and oxygen atoms in total. The van der Waals surface area contributed by atoms with Crippen molar-refractivity contribution in [2.75, 3.05) is 5.88 Å². The number of amidine groups is 1. The number of hydrogen-bond acceptors (Lipinski definition) is 5. The summed E-state index contributed by atoms with van der Waals surface area (Å²) in [5.41, 5.74) is 0. The van der Waals surface area contributed by atoms with E-state index in [-0.39, 0.29) is 18.1 Å². The third kappa shape index (κ3) is 31.7. The topological polar surface area (TPSA) is 171 Å². The average molecular weight is 284 g/mol. The molecule has 15 heavy (non-hydrogen) atoms. The lowest BCUT2D eigenvalue weighted by Gasteiger charge is -2.01. The first-order valence-corrected chi connectivity index (χ1v) is 6.57. The predicted octanol–water partition coefficient (Wildman–Crippen LogP) is -1.27. The number of halogens is 1. The third-order valence-electron chi connectivity index (χ3n) is 0.610. The van der Waals surface area contributed by atoms with Gasteiger partial charge in [-0.15, -0.1) is 11.6 Å². The predicted molar refractivity (Wildman–Crippen MR) is 53.5 cm³/mol. The molecule has 0 bridgehead atoms. The Labute approximate surface area is 91.9 Å². The van der Waals surface area contributed by atoms with Crippen LogP contribution < -0.4 is 9.86 Å². The second-order valence-electron chi connectivity index (χ2n) is 2.01. The molecule has 0 aromatic heterocycles. The summed E-state index contributed by atoms with van der Waals surface area (Å²) < 4.78 is 53.8. The summed E-state index contributed by atoms with van der Waals surface area (Å²) in [7, 11) is -8.45. The van der Waals surface area contributed by atoms with E-state index in [1.807, 2.05) is 0 Å².